The predicted octanol–water partition coefficient (Wildman–Crippen LogP) is 3.24. The van der Waals surface area contributed by atoms with Crippen molar-refractivity contribution in [2.45, 2.75) is 19.8 Å². The lowest BCUT2D eigenvalue weighted by atomic mass is 10.1. The molecule has 1 aromatic rings. The number of rotatable bonds is 7. The molecule has 1 aromatic carbocycles. The molecule has 0 saturated carbocycles. The van der Waals surface area contributed by atoms with Gasteiger partial charge in [0.1, 0.15) is 12.0 Å². The van der Waals surface area contributed by atoms with Crippen LogP contribution in [0.5, 0.6) is 5.75 Å². The molecule has 0 bridgehead atoms. The van der Waals surface area contributed by atoms with Crippen molar-refractivity contribution in [3.8, 4) is 5.75 Å². The second-order valence-electron chi connectivity index (χ2n) is 3.63. The number of aldehydes is 1. The Bertz CT molecular complexity index is 317. The number of para-hydroxylation sites is 1. The van der Waals surface area contributed by atoms with Gasteiger partial charge in [-0.3, -0.25) is 0 Å². The molecule has 0 aliphatic rings. The fourth-order valence-electron chi connectivity index (χ4n) is 1.48. The van der Waals surface area contributed by atoms with E-state index < -0.39 is 0 Å². The van der Waals surface area contributed by atoms with E-state index in [9.17, 15) is 4.79 Å². The summed E-state index contributed by atoms with van der Waals surface area (Å²) in [4.78, 5) is 10.7. The molecular formula is C14H18O2. The fourth-order valence-corrected chi connectivity index (χ4v) is 1.48. The van der Waals surface area contributed by atoms with Crippen molar-refractivity contribution in [1.29, 1.82) is 0 Å². The van der Waals surface area contributed by atoms with Crippen LogP contribution in [0.15, 0.2) is 42.5 Å². The lowest BCUT2D eigenvalue weighted by Gasteiger charge is -2.07. The Morgan fingerprint density at radius 1 is 1.31 bits per heavy atom. The molecule has 0 heterocycles. The highest BCUT2D eigenvalue weighted by molar-refractivity contribution is 5.56. The maximum Gasteiger partial charge on any atom is 0.126 e. The molecule has 0 aliphatic carbocycles. The van der Waals surface area contributed by atoms with Gasteiger partial charge in [0, 0.05) is 5.92 Å². The Balaban J connectivity index is 2.19. The molecule has 2 heteroatoms. The number of allylic oxidation sites excluding steroid dienone is 2. The third-order valence-corrected chi connectivity index (χ3v) is 2.31. The molecule has 0 aromatic heterocycles. The van der Waals surface area contributed by atoms with E-state index in [2.05, 4.69) is 0 Å². The lowest BCUT2D eigenvalue weighted by molar-refractivity contribution is -0.110. The first-order valence-electron chi connectivity index (χ1n) is 5.62. The highest BCUT2D eigenvalue weighted by atomic mass is 16.5. The van der Waals surface area contributed by atoms with Crippen molar-refractivity contribution in [3.63, 3.8) is 0 Å². The van der Waals surface area contributed by atoms with Crippen molar-refractivity contribution < 1.29 is 9.53 Å². The maximum atomic E-state index is 10.7. The standard InChI is InChI=1S/C14H18O2/c1-2-7-13(12-15)8-6-11-16-14-9-4-3-5-10-14/h2-5,7,9-10,12-13H,6,8,11H2,1H3/b7-2+/t13-/m1/s1. The van der Waals surface area contributed by atoms with Crippen LogP contribution in [0.3, 0.4) is 0 Å². The molecule has 0 unspecified atom stereocenters. The molecule has 0 radical (unpaired) electrons. The number of benzene rings is 1. The van der Waals surface area contributed by atoms with Crippen LogP contribution in [0.25, 0.3) is 0 Å². The molecule has 2 nitrogen and oxygen atoms in total. The van der Waals surface area contributed by atoms with E-state index in [1.807, 2.05) is 49.4 Å². The molecule has 0 fully saturated rings. The minimum absolute atomic E-state index is 0.0318. The second-order valence-corrected chi connectivity index (χ2v) is 3.63. The summed E-state index contributed by atoms with van der Waals surface area (Å²) < 4.78 is 5.54. The van der Waals surface area contributed by atoms with Gasteiger partial charge in [-0.1, -0.05) is 30.4 Å². The molecular weight excluding hydrogens is 200 g/mol. The number of carbonyl (C=O) groups is 1. The van der Waals surface area contributed by atoms with Gasteiger partial charge in [-0.05, 0) is 31.9 Å². The Kier molecular flexibility index (Phi) is 6.00. The predicted molar refractivity (Wildman–Crippen MR) is 65.5 cm³/mol. The summed E-state index contributed by atoms with van der Waals surface area (Å²) in [7, 11) is 0. The molecule has 0 amide bonds. The molecule has 0 N–H and O–H groups in total. The number of hydrogen-bond donors (Lipinski definition) is 0. The van der Waals surface area contributed by atoms with Crippen LogP contribution in [0, 0.1) is 5.92 Å². The second kappa shape index (κ2) is 7.69. The fraction of sp³-hybridized carbons (Fsp3) is 0.357. The van der Waals surface area contributed by atoms with E-state index in [0.29, 0.717) is 6.61 Å². The quantitative estimate of drug-likeness (QED) is 0.399. The van der Waals surface area contributed by atoms with Crippen LogP contribution < -0.4 is 4.74 Å². The molecule has 0 saturated heterocycles. The van der Waals surface area contributed by atoms with Gasteiger partial charge in [-0.15, -0.1) is 0 Å². The Morgan fingerprint density at radius 3 is 2.69 bits per heavy atom. The monoisotopic (exact) mass is 218 g/mol. The summed E-state index contributed by atoms with van der Waals surface area (Å²) in [6.45, 7) is 2.59. The minimum atomic E-state index is 0.0318. The summed E-state index contributed by atoms with van der Waals surface area (Å²) in [5.74, 6) is 0.917. The molecule has 0 aliphatic heterocycles. The van der Waals surface area contributed by atoms with Gasteiger partial charge in [0.05, 0.1) is 6.61 Å². The van der Waals surface area contributed by atoms with Gasteiger partial charge in [-0.25, -0.2) is 0 Å². The van der Waals surface area contributed by atoms with Crippen LogP contribution in [-0.4, -0.2) is 12.9 Å². The summed E-state index contributed by atoms with van der Waals surface area (Å²) >= 11 is 0. The average Bonchev–Trinajstić information content (AvgIpc) is 2.34. The first-order valence-corrected chi connectivity index (χ1v) is 5.62. The van der Waals surface area contributed by atoms with Gasteiger partial charge in [0.15, 0.2) is 0 Å². The van der Waals surface area contributed by atoms with Gasteiger partial charge in [0.2, 0.25) is 0 Å². The highest BCUT2D eigenvalue weighted by Crippen LogP contribution is 2.10. The lowest BCUT2D eigenvalue weighted by Crippen LogP contribution is -2.03. The van der Waals surface area contributed by atoms with E-state index in [0.717, 1.165) is 24.9 Å². The molecule has 86 valence electrons. The van der Waals surface area contributed by atoms with Gasteiger partial charge < -0.3 is 9.53 Å². The molecule has 1 atom stereocenters. The third kappa shape index (κ3) is 4.78. The SMILES string of the molecule is C/C=C/[C@@H](C=O)CCCOc1ccccc1. The van der Waals surface area contributed by atoms with Gasteiger partial charge in [-0.2, -0.15) is 0 Å². The summed E-state index contributed by atoms with van der Waals surface area (Å²) in [6, 6.07) is 9.72. The Morgan fingerprint density at radius 2 is 2.06 bits per heavy atom. The van der Waals surface area contributed by atoms with Crippen LogP contribution in [0.1, 0.15) is 19.8 Å². The first-order chi connectivity index (χ1) is 7.86. The summed E-state index contributed by atoms with van der Waals surface area (Å²) in [6.07, 6.45) is 6.57. The van der Waals surface area contributed by atoms with E-state index in [-0.39, 0.29) is 5.92 Å². The van der Waals surface area contributed by atoms with Crippen LogP contribution in [-0.2, 0) is 4.79 Å². The van der Waals surface area contributed by atoms with Crippen molar-refractivity contribution >= 4 is 6.29 Å². The zero-order valence-corrected chi connectivity index (χ0v) is 9.63. The van der Waals surface area contributed by atoms with E-state index in [1.54, 1.807) is 0 Å². The third-order valence-electron chi connectivity index (χ3n) is 2.31. The normalized spacial score (nSPS) is 12.6. The van der Waals surface area contributed by atoms with Gasteiger partial charge in [0.25, 0.3) is 0 Å². The van der Waals surface area contributed by atoms with Crippen molar-refractivity contribution in [1.82, 2.24) is 0 Å². The maximum absolute atomic E-state index is 10.7. The molecule has 1 rings (SSSR count). The van der Waals surface area contributed by atoms with Crippen molar-refractivity contribution in [2.75, 3.05) is 6.61 Å². The minimum Gasteiger partial charge on any atom is -0.494 e. The first kappa shape index (κ1) is 12.5. The van der Waals surface area contributed by atoms with E-state index >= 15 is 0 Å². The molecule has 16 heavy (non-hydrogen) atoms. The van der Waals surface area contributed by atoms with Crippen molar-refractivity contribution in [3.05, 3.63) is 42.5 Å². The largest absolute Gasteiger partial charge is 0.494 e. The Labute approximate surface area is 96.9 Å². The molecule has 0 spiro atoms. The van der Waals surface area contributed by atoms with Crippen LogP contribution in [0.4, 0.5) is 0 Å². The topological polar surface area (TPSA) is 26.3 Å². The van der Waals surface area contributed by atoms with E-state index in [1.165, 1.54) is 0 Å². The zero-order chi connectivity index (χ0) is 11.6. The number of carbonyl (C=O) groups excluding carboxylic acids is 1. The highest BCUT2D eigenvalue weighted by Gasteiger charge is 2.01. The van der Waals surface area contributed by atoms with Crippen LogP contribution in [0.2, 0.25) is 0 Å². The van der Waals surface area contributed by atoms with Crippen molar-refractivity contribution in [2.24, 2.45) is 5.92 Å². The smallest absolute Gasteiger partial charge is 0.126 e. The van der Waals surface area contributed by atoms with E-state index in [4.69, 9.17) is 4.74 Å². The Hall–Kier alpha value is -1.57. The number of hydrogen-bond acceptors (Lipinski definition) is 2. The number of ether oxygens (including phenoxy) is 1. The summed E-state index contributed by atoms with van der Waals surface area (Å²) in [5.41, 5.74) is 0. The summed E-state index contributed by atoms with van der Waals surface area (Å²) in [5, 5.41) is 0. The average molecular weight is 218 g/mol. The van der Waals surface area contributed by atoms with Gasteiger partial charge >= 0.3 is 0 Å². The van der Waals surface area contributed by atoms with Crippen LogP contribution >= 0.6 is 0 Å². The zero-order valence-electron chi connectivity index (χ0n) is 9.63.